The van der Waals surface area contributed by atoms with Crippen LogP contribution in [0.1, 0.15) is 69.8 Å². The number of benzene rings is 3. The average molecular weight is 514 g/mol. The van der Waals surface area contributed by atoms with Crippen LogP contribution >= 0.6 is 0 Å². The molecule has 0 fully saturated rings. The van der Waals surface area contributed by atoms with E-state index in [2.05, 4.69) is 6.92 Å². The molecule has 38 heavy (non-hydrogen) atoms. The standard InChI is InChI=1S/C32H36FN3O2/c1-3-5-6-12-23-35(30(37)22-17-24-13-8-7-9-14-24)29(4-2)31-34-28-16-11-10-15-27(28)32(38)36(31)26-20-18-25(33)19-21-26/h7-11,13-16,18-21,29H,3-6,12,17,22-23H2,1-2H3. The number of nitrogens with zero attached hydrogens (tertiary/aromatic N) is 3. The Morgan fingerprint density at radius 1 is 0.921 bits per heavy atom. The summed E-state index contributed by atoms with van der Waals surface area (Å²) < 4.78 is 15.3. The second-order valence-corrected chi connectivity index (χ2v) is 9.66. The van der Waals surface area contributed by atoms with Crippen molar-refractivity contribution in [1.29, 1.82) is 0 Å². The van der Waals surface area contributed by atoms with E-state index in [1.54, 1.807) is 22.8 Å². The Labute approximate surface area is 224 Å². The third kappa shape index (κ3) is 6.36. The molecule has 5 nitrogen and oxygen atoms in total. The van der Waals surface area contributed by atoms with Crippen LogP contribution in [0.25, 0.3) is 16.6 Å². The fourth-order valence-electron chi connectivity index (χ4n) is 4.96. The summed E-state index contributed by atoms with van der Waals surface area (Å²) in [7, 11) is 0. The zero-order valence-electron chi connectivity index (χ0n) is 22.3. The zero-order valence-corrected chi connectivity index (χ0v) is 22.3. The third-order valence-corrected chi connectivity index (χ3v) is 6.99. The maximum absolute atomic E-state index is 13.8. The fourth-order valence-corrected chi connectivity index (χ4v) is 4.96. The highest BCUT2D eigenvalue weighted by molar-refractivity contribution is 5.79. The lowest BCUT2D eigenvalue weighted by Gasteiger charge is -2.32. The number of carbonyl (C=O) groups excluding carboxylic acids is 1. The summed E-state index contributed by atoms with van der Waals surface area (Å²) in [6.07, 6.45) is 5.75. The van der Waals surface area contributed by atoms with Crippen molar-refractivity contribution in [2.45, 2.75) is 64.8 Å². The van der Waals surface area contributed by atoms with Gasteiger partial charge in [0.1, 0.15) is 11.6 Å². The van der Waals surface area contributed by atoms with Crippen LogP contribution in [0.15, 0.2) is 83.7 Å². The van der Waals surface area contributed by atoms with E-state index in [9.17, 15) is 14.0 Å². The van der Waals surface area contributed by atoms with Gasteiger partial charge in [0.2, 0.25) is 5.91 Å². The van der Waals surface area contributed by atoms with E-state index in [1.165, 1.54) is 12.1 Å². The Morgan fingerprint density at radius 2 is 1.63 bits per heavy atom. The topological polar surface area (TPSA) is 55.2 Å². The highest BCUT2D eigenvalue weighted by atomic mass is 19.1. The molecule has 4 aromatic rings. The maximum atomic E-state index is 13.8. The summed E-state index contributed by atoms with van der Waals surface area (Å²) in [5.41, 5.74) is 2.02. The number of carbonyl (C=O) groups is 1. The minimum Gasteiger partial charge on any atom is -0.332 e. The Kier molecular flexibility index (Phi) is 9.41. The number of aromatic nitrogens is 2. The van der Waals surface area contributed by atoms with Crippen LogP contribution < -0.4 is 5.56 Å². The van der Waals surface area contributed by atoms with E-state index in [-0.39, 0.29) is 17.3 Å². The number of rotatable bonds is 12. The molecule has 0 saturated heterocycles. The number of amides is 1. The molecule has 1 heterocycles. The van der Waals surface area contributed by atoms with Gasteiger partial charge in [-0.3, -0.25) is 14.2 Å². The van der Waals surface area contributed by atoms with Crippen molar-refractivity contribution in [3.63, 3.8) is 0 Å². The van der Waals surface area contributed by atoms with Gasteiger partial charge in [-0.15, -0.1) is 0 Å². The highest BCUT2D eigenvalue weighted by Crippen LogP contribution is 2.27. The first-order chi connectivity index (χ1) is 18.5. The maximum Gasteiger partial charge on any atom is 0.266 e. The van der Waals surface area contributed by atoms with E-state index in [4.69, 9.17) is 4.98 Å². The first-order valence-corrected chi connectivity index (χ1v) is 13.6. The number of hydrogen-bond acceptors (Lipinski definition) is 3. The van der Waals surface area contributed by atoms with Crippen LogP contribution in [0.4, 0.5) is 4.39 Å². The van der Waals surface area contributed by atoms with Crippen molar-refractivity contribution in [2.24, 2.45) is 0 Å². The number of hydrogen-bond donors (Lipinski definition) is 0. The number of para-hydroxylation sites is 1. The minimum absolute atomic E-state index is 0.0465. The first-order valence-electron chi connectivity index (χ1n) is 13.6. The van der Waals surface area contributed by atoms with Crippen LogP contribution in [0.2, 0.25) is 0 Å². The molecule has 0 radical (unpaired) electrons. The van der Waals surface area contributed by atoms with E-state index < -0.39 is 6.04 Å². The van der Waals surface area contributed by atoms with Crippen molar-refractivity contribution in [3.8, 4) is 5.69 Å². The largest absolute Gasteiger partial charge is 0.332 e. The molecule has 0 bridgehead atoms. The molecule has 1 atom stereocenters. The normalized spacial score (nSPS) is 12.0. The average Bonchev–Trinajstić information content (AvgIpc) is 2.95. The molecule has 0 N–H and O–H groups in total. The van der Waals surface area contributed by atoms with E-state index in [1.807, 2.05) is 60.4 Å². The van der Waals surface area contributed by atoms with Crippen molar-refractivity contribution in [1.82, 2.24) is 14.5 Å². The minimum atomic E-state index is -0.401. The Balaban J connectivity index is 1.78. The predicted molar refractivity (Wildman–Crippen MR) is 151 cm³/mol. The lowest BCUT2D eigenvalue weighted by atomic mass is 10.1. The molecular weight excluding hydrogens is 477 g/mol. The molecule has 1 aromatic heterocycles. The van der Waals surface area contributed by atoms with E-state index in [0.717, 1.165) is 31.2 Å². The van der Waals surface area contributed by atoms with Gasteiger partial charge in [-0.05, 0) is 61.2 Å². The zero-order chi connectivity index (χ0) is 26.9. The monoisotopic (exact) mass is 513 g/mol. The van der Waals surface area contributed by atoms with Gasteiger partial charge in [0, 0.05) is 13.0 Å². The molecule has 0 spiro atoms. The molecule has 3 aromatic carbocycles. The summed E-state index contributed by atoms with van der Waals surface area (Å²) in [6, 6.07) is 22.7. The predicted octanol–water partition coefficient (Wildman–Crippen LogP) is 7.02. The third-order valence-electron chi connectivity index (χ3n) is 6.99. The van der Waals surface area contributed by atoms with E-state index in [0.29, 0.717) is 48.2 Å². The number of unbranched alkanes of at least 4 members (excludes halogenated alkanes) is 3. The summed E-state index contributed by atoms with van der Waals surface area (Å²) in [5.74, 6) is 0.175. The number of fused-ring (bicyclic) bond motifs is 1. The Bertz CT molecular complexity index is 1400. The number of halogens is 1. The second-order valence-electron chi connectivity index (χ2n) is 9.66. The molecule has 1 unspecified atom stereocenters. The van der Waals surface area contributed by atoms with Crippen LogP contribution in [0.3, 0.4) is 0 Å². The van der Waals surface area contributed by atoms with Crippen LogP contribution in [0.5, 0.6) is 0 Å². The summed E-state index contributed by atoms with van der Waals surface area (Å²) in [4.78, 5) is 34.4. The van der Waals surface area contributed by atoms with Crippen LogP contribution in [-0.2, 0) is 11.2 Å². The fraction of sp³-hybridized carbons (Fsp3) is 0.344. The quantitative estimate of drug-likeness (QED) is 0.191. The van der Waals surface area contributed by atoms with Gasteiger partial charge in [-0.2, -0.15) is 0 Å². The van der Waals surface area contributed by atoms with Gasteiger partial charge < -0.3 is 4.90 Å². The Morgan fingerprint density at radius 3 is 2.34 bits per heavy atom. The smallest absolute Gasteiger partial charge is 0.266 e. The molecule has 4 rings (SSSR count). The van der Waals surface area contributed by atoms with Gasteiger partial charge in [-0.25, -0.2) is 9.37 Å². The van der Waals surface area contributed by atoms with E-state index >= 15 is 0 Å². The lowest BCUT2D eigenvalue weighted by Crippen LogP contribution is -2.39. The molecule has 0 saturated carbocycles. The molecular formula is C32H36FN3O2. The number of aryl methyl sites for hydroxylation is 1. The SMILES string of the molecule is CCCCCCN(C(=O)CCc1ccccc1)C(CC)c1nc2ccccc2c(=O)n1-c1ccc(F)cc1. The molecule has 0 aliphatic heterocycles. The van der Waals surface area contributed by atoms with Crippen molar-refractivity contribution in [3.05, 3.63) is 106 Å². The Hall–Kier alpha value is -3.80. The summed E-state index contributed by atoms with van der Waals surface area (Å²) >= 11 is 0. The van der Waals surface area contributed by atoms with Gasteiger partial charge in [0.05, 0.1) is 22.6 Å². The van der Waals surface area contributed by atoms with Gasteiger partial charge >= 0.3 is 0 Å². The molecule has 6 heteroatoms. The van der Waals surface area contributed by atoms with Crippen molar-refractivity contribution >= 4 is 16.8 Å². The molecule has 198 valence electrons. The molecule has 0 aliphatic rings. The van der Waals surface area contributed by atoms with Crippen LogP contribution in [-0.4, -0.2) is 26.9 Å². The van der Waals surface area contributed by atoms with Crippen molar-refractivity contribution in [2.75, 3.05) is 6.54 Å². The first kappa shape index (κ1) is 27.2. The lowest BCUT2D eigenvalue weighted by molar-refractivity contribution is -0.134. The van der Waals surface area contributed by atoms with Crippen LogP contribution in [0, 0.1) is 5.82 Å². The molecule has 0 aliphatic carbocycles. The van der Waals surface area contributed by atoms with Gasteiger partial charge in [-0.1, -0.05) is 75.6 Å². The van der Waals surface area contributed by atoms with Gasteiger partial charge in [0.15, 0.2) is 0 Å². The second kappa shape index (κ2) is 13.1. The molecule has 1 amide bonds. The highest BCUT2D eigenvalue weighted by Gasteiger charge is 2.28. The van der Waals surface area contributed by atoms with Gasteiger partial charge in [0.25, 0.3) is 5.56 Å². The van der Waals surface area contributed by atoms with Crippen molar-refractivity contribution < 1.29 is 9.18 Å². The summed E-state index contributed by atoms with van der Waals surface area (Å²) in [6.45, 7) is 4.78. The summed E-state index contributed by atoms with van der Waals surface area (Å²) in [5, 5.41) is 0.486.